The van der Waals surface area contributed by atoms with E-state index >= 15 is 0 Å². The predicted octanol–water partition coefficient (Wildman–Crippen LogP) is 4.50. The van der Waals surface area contributed by atoms with Gasteiger partial charge in [0.1, 0.15) is 0 Å². The van der Waals surface area contributed by atoms with Gasteiger partial charge in [0.2, 0.25) is 0 Å². The summed E-state index contributed by atoms with van der Waals surface area (Å²) in [4.78, 5) is 10.6. The third-order valence-corrected chi connectivity index (χ3v) is 3.40. The Hall–Kier alpha value is -1.09. The van der Waals surface area contributed by atoms with Crippen LogP contribution in [0, 0.1) is 0 Å². The average molecular weight is 338 g/mol. The van der Waals surface area contributed by atoms with Crippen molar-refractivity contribution in [2.24, 2.45) is 0 Å². The molecule has 0 unspecified atom stereocenters. The Labute approximate surface area is 118 Å². The number of carbonyl (C=O) groups is 1. The van der Waals surface area contributed by atoms with Crippen LogP contribution < -0.4 is 5.32 Å². The molecular weight excluding hydrogens is 332 g/mol. The van der Waals surface area contributed by atoms with Gasteiger partial charge in [-0.05, 0) is 18.2 Å². The summed E-state index contributed by atoms with van der Waals surface area (Å²) < 4.78 is 72.3. The van der Waals surface area contributed by atoms with Gasteiger partial charge in [-0.15, -0.1) is 11.8 Å². The van der Waals surface area contributed by atoms with Gasteiger partial charge in [0.25, 0.3) is 0 Å². The maximum atomic E-state index is 12.1. The Kier molecular flexibility index (Phi) is 5.20. The van der Waals surface area contributed by atoms with Crippen molar-refractivity contribution in [3.63, 3.8) is 0 Å². The van der Waals surface area contributed by atoms with Gasteiger partial charge >= 0.3 is 18.3 Å². The molecule has 0 fully saturated rings. The van der Waals surface area contributed by atoms with Crippen LogP contribution in [0.25, 0.3) is 0 Å². The van der Waals surface area contributed by atoms with Crippen LogP contribution in [-0.2, 0) is 4.79 Å². The van der Waals surface area contributed by atoms with E-state index in [9.17, 15) is 31.1 Å². The number of carbonyl (C=O) groups excluding carboxylic acids is 1. The molecule has 0 saturated carbocycles. The van der Waals surface area contributed by atoms with Crippen LogP contribution in [0.2, 0.25) is 5.02 Å². The molecule has 1 N–H and O–H groups in total. The van der Waals surface area contributed by atoms with Gasteiger partial charge in [-0.25, -0.2) is 0 Å². The van der Waals surface area contributed by atoms with E-state index in [1.807, 2.05) is 0 Å². The molecule has 0 aliphatic carbocycles. The number of alkyl halides is 6. The zero-order valence-electron chi connectivity index (χ0n) is 9.40. The third-order valence-electron chi connectivity index (χ3n) is 1.84. The molecule has 112 valence electrons. The molecule has 0 heterocycles. The Balaban J connectivity index is 2.84. The van der Waals surface area contributed by atoms with Crippen LogP contribution in [0.5, 0.6) is 0 Å². The average Bonchev–Trinajstić information content (AvgIpc) is 2.27. The summed E-state index contributed by atoms with van der Waals surface area (Å²) in [5, 5.41) is 1.48. The highest BCUT2D eigenvalue weighted by atomic mass is 35.5. The lowest BCUT2D eigenvalue weighted by atomic mass is 10.3. The molecule has 20 heavy (non-hydrogen) atoms. The summed E-state index contributed by atoms with van der Waals surface area (Å²) in [6.45, 7) is 0. The van der Waals surface area contributed by atoms with E-state index in [4.69, 9.17) is 11.6 Å². The topological polar surface area (TPSA) is 29.1 Å². The Bertz CT molecular complexity index is 502. The molecule has 0 aliphatic rings. The Morgan fingerprint density at radius 1 is 1.20 bits per heavy atom. The molecule has 1 rings (SSSR count). The van der Waals surface area contributed by atoms with Crippen molar-refractivity contribution < 1.29 is 31.1 Å². The summed E-state index contributed by atoms with van der Waals surface area (Å²) in [5.41, 5.74) is -0.290. The Morgan fingerprint density at radius 2 is 1.80 bits per heavy atom. The molecule has 0 saturated heterocycles. The largest absolute Gasteiger partial charge is 0.471 e. The minimum atomic E-state index is -5.08. The number of benzene rings is 1. The van der Waals surface area contributed by atoms with Gasteiger partial charge in [-0.1, -0.05) is 11.6 Å². The first-order valence-corrected chi connectivity index (χ1v) is 6.22. The monoisotopic (exact) mass is 337 g/mol. The first-order valence-electron chi connectivity index (χ1n) is 4.86. The molecule has 1 aromatic carbocycles. The van der Waals surface area contributed by atoms with Crippen LogP contribution in [0.1, 0.15) is 0 Å². The van der Waals surface area contributed by atoms with Crippen LogP contribution in [0.15, 0.2) is 23.1 Å². The normalized spacial score (nSPS) is 12.3. The van der Waals surface area contributed by atoms with Gasteiger partial charge in [-0.3, -0.25) is 4.79 Å². The van der Waals surface area contributed by atoms with Crippen molar-refractivity contribution in [3.8, 4) is 0 Å². The summed E-state index contributed by atoms with van der Waals surface area (Å²) in [6.07, 6.45) is -9.53. The zero-order valence-corrected chi connectivity index (χ0v) is 11.0. The lowest BCUT2D eigenvalue weighted by Gasteiger charge is -2.11. The van der Waals surface area contributed by atoms with Gasteiger partial charge in [0, 0.05) is 10.6 Å². The number of hydrogen-bond acceptors (Lipinski definition) is 2. The van der Waals surface area contributed by atoms with Gasteiger partial charge in [0.15, 0.2) is 0 Å². The molecule has 0 atom stereocenters. The molecule has 0 radical (unpaired) electrons. The minimum Gasteiger partial charge on any atom is -0.318 e. The molecule has 10 heteroatoms. The standard InChI is InChI=1S/C10H6ClF6NOS/c11-6-2-1-5(18-8(19)10(15,16)17)3-7(6)20-4-9(12,13)14/h1-3H,4H2,(H,18,19). The van der Waals surface area contributed by atoms with E-state index in [1.165, 1.54) is 5.32 Å². The minimum absolute atomic E-state index is 0.0516. The van der Waals surface area contributed by atoms with Crippen LogP contribution in [-0.4, -0.2) is 24.0 Å². The number of nitrogens with one attached hydrogen (secondary N) is 1. The lowest BCUT2D eigenvalue weighted by Crippen LogP contribution is -2.29. The van der Waals surface area contributed by atoms with Gasteiger partial charge < -0.3 is 5.32 Å². The number of hydrogen-bond donors (Lipinski definition) is 1. The number of thioether (sulfide) groups is 1. The van der Waals surface area contributed by atoms with E-state index in [-0.39, 0.29) is 15.6 Å². The number of amides is 1. The summed E-state index contributed by atoms with van der Waals surface area (Å²) in [5.74, 6) is -3.46. The van der Waals surface area contributed by atoms with E-state index in [2.05, 4.69) is 0 Å². The van der Waals surface area contributed by atoms with E-state index in [1.54, 1.807) is 0 Å². The first-order chi connectivity index (χ1) is 8.99. The van der Waals surface area contributed by atoms with Gasteiger partial charge in [0.05, 0.1) is 10.8 Å². The lowest BCUT2D eigenvalue weighted by molar-refractivity contribution is -0.167. The zero-order chi connectivity index (χ0) is 15.6. The summed E-state index contributed by atoms with van der Waals surface area (Å²) >= 11 is 5.94. The Morgan fingerprint density at radius 3 is 2.30 bits per heavy atom. The fourth-order valence-corrected chi connectivity index (χ4v) is 2.07. The number of anilines is 1. The number of halogens is 7. The van der Waals surface area contributed by atoms with Crippen molar-refractivity contribution in [2.45, 2.75) is 17.2 Å². The fourth-order valence-electron chi connectivity index (χ4n) is 1.05. The van der Waals surface area contributed by atoms with Crippen molar-refractivity contribution in [2.75, 3.05) is 11.1 Å². The first kappa shape index (κ1) is 17.0. The predicted molar refractivity (Wildman–Crippen MR) is 62.9 cm³/mol. The second-order valence-corrected chi connectivity index (χ2v) is 4.93. The smallest absolute Gasteiger partial charge is 0.318 e. The molecule has 0 aliphatic heterocycles. The van der Waals surface area contributed by atoms with Crippen molar-refractivity contribution >= 4 is 35.0 Å². The second-order valence-electron chi connectivity index (χ2n) is 3.50. The van der Waals surface area contributed by atoms with E-state index in [0.717, 1.165) is 18.2 Å². The van der Waals surface area contributed by atoms with Crippen molar-refractivity contribution in [1.82, 2.24) is 0 Å². The molecule has 2 nitrogen and oxygen atoms in total. The van der Waals surface area contributed by atoms with Crippen molar-refractivity contribution in [1.29, 1.82) is 0 Å². The molecule has 1 amide bonds. The third kappa shape index (κ3) is 5.49. The van der Waals surface area contributed by atoms with Crippen LogP contribution in [0.3, 0.4) is 0 Å². The molecular formula is C10H6ClF6NOS. The number of rotatable bonds is 3. The summed E-state index contributed by atoms with van der Waals surface area (Å²) in [6, 6.07) is 3.11. The van der Waals surface area contributed by atoms with Crippen LogP contribution in [0.4, 0.5) is 32.0 Å². The quantitative estimate of drug-likeness (QED) is 0.650. The van der Waals surface area contributed by atoms with E-state index in [0.29, 0.717) is 11.8 Å². The highest BCUT2D eigenvalue weighted by Crippen LogP contribution is 2.34. The molecule has 1 aromatic rings. The molecule has 0 aromatic heterocycles. The second kappa shape index (κ2) is 6.13. The van der Waals surface area contributed by atoms with Crippen LogP contribution >= 0.6 is 23.4 Å². The summed E-state index contributed by atoms with van der Waals surface area (Å²) in [7, 11) is 0. The SMILES string of the molecule is O=C(Nc1ccc(Cl)c(SCC(F)(F)F)c1)C(F)(F)F. The molecule has 0 spiro atoms. The van der Waals surface area contributed by atoms with Gasteiger partial charge in [-0.2, -0.15) is 26.3 Å². The highest BCUT2D eigenvalue weighted by Gasteiger charge is 2.38. The molecule has 0 bridgehead atoms. The fraction of sp³-hybridized carbons (Fsp3) is 0.300. The van der Waals surface area contributed by atoms with Crippen molar-refractivity contribution in [3.05, 3.63) is 23.2 Å². The van der Waals surface area contributed by atoms with E-state index < -0.39 is 24.0 Å². The highest BCUT2D eigenvalue weighted by molar-refractivity contribution is 7.99. The maximum absolute atomic E-state index is 12.1. The maximum Gasteiger partial charge on any atom is 0.471 e.